The minimum atomic E-state index is -0.749. The monoisotopic (exact) mass is 384 g/mol. The quantitative estimate of drug-likeness (QED) is 0.267. The molecule has 0 N–H and O–H groups in total. The van der Waals surface area contributed by atoms with Gasteiger partial charge < -0.3 is 0 Å². The number of unbranched alkanes of at least 4 members (excludes halogenated alkanes) is 1. The van der Waals surface area contributed by atoms with Gasteiger partial charge in [0.25, 0.3) is 0 Å². The number of hydrogen-bond acceptors (Lipinski definition) is 2. The van der Waals surface area contributed by atoms with E-state index in [0.29, 0.717) is 12.2 Å². The fourth-order valence-electron chi connectivity index (χ4n) is 2.97. The van der Waals surface area contributed by atoms with E-state index in [1.807, 2.05) is 54.9 Å². The lowest BCUT2D eigenvalue weighted by Gasteiger charge is -2.04. The first-order chi connectivity index (χ1) is 14.2. The van der Waals surface area contributed by atoms with Gasteiger partial charge in [0.05, 0.1) is 6.17 Å². The highest BCUT2D eigenvalue weighted by atomic mass is 19.1. The van der Waals surface area contributed by atoms with Gasteiger partial charge in [0.1, 0.15) is 0 Å². The second-order valence-corrected chi connectivity index (χ2v) is 7.04. The predicted octanol–water partition coefficient (Wildman–Crippen LogP) is 6.42. The normalized spacial score (nSPS) is 11.4. The van der Waals surface area contributed by atoms with Crippen molar-refractivity contribution in [1.82, 2.24) is 9.97 Å². The van der Waals surface area contributed by atoms with Crippen molar-refractivity contribution in [1.29, 1.82) is 0 Å². The lowest BCUT2D eigenvalue weighted by atomic mass is 10.1. The Bertz CT molecular complexity index is 976. The molecule has 1 heterocycles. The van der Waals surface area contributed by atoms with Crippen molar-refractivity contribution < 1.29 is 4.39 Å². The van der Waals surface area contributed by atoms with Gasteiger partial charge in [0.2, 0.25) is 0 Å². The molecule has 0 fully saturated rings. The summed E-state index contributed by atoms with van der Waals surface area (Å²) in [7, 11) is 0. The van der Waals surface area contributed by atoms with Crippen molar-refractivity contribution in [2.45, 2.75) is 38.8 Å². The van der Waals surface area contributed by atoms with E-state index in [1.165, 1.54) is 5.56 Å². The molecule has 3 heteroatoms. The van der Waals surface area contributed by atoms with Gasteiger partial charge in [-0.15, -0.1) is 6.58 Å². The van der Waals surface area contributed by atoms with Crippen LogP contribution >= 0.6 is 0 Å². The summed E-state index contributed by atoms with van der Waals surface area (Å²) in [5.41, 5.74) is 5.19. The first kappa shape index (κ1) is 20.5. The number of rotatable bonds is 7. The van der Waals surface area contributed by atoms with Gasteiger partial charge >= 0.3 is 0 Å². The number of nitrogens with zero attached hydrogens (tertiary/aromatic N) is 2. The third-order valence-corrected chi connectivity index (χ3v) is 4.60. The van der Waals surface area contributed by atoms with E-state index in [9.17, 15) is 4.39 Å². The van der Waals surface area contributed by atoms with Gasteiger partial charge in [-0.2, -0.15) is 0 Å². The summed E-state index contributed by atoms with van der Waals surface area (Å²) >= 11 is 0. The Morgan fingerprint density at radius 1 is 0.966 bits per heavy atom. The molecular formula is C26H25FN2. The first-order valence-corrected chi connectivity index (χ1v) is 9.91. The van der Waals surface area contributed by atoms with Gasteiger partial charge in [-0.25, -0.2) is 14.4 Å². The van der Waals surface area contributed by atoms with E-state index in [0.717, 1.165) is 41.5 Å². The van der Waals surface area contributed by atoms with E-state index in [4.69, 9.17) is 0 Å². The molecule has 1 unspecified atom stereocenters. The summed E-state index contributed by atoms with van der Waals surface area (Å²) in [6.07, 6.45) is 7.78. The molecule has 0 bridgehead atoms. The Morgan fingerprint density at radius 3 is 2.24 bits per heavy atom. The molecule has 0 aliphatic rings. The van der Waals surface area contributed by atoms with Gasteiger partial charge in [-0.3, -0.25) is 0 Å². The molecule has 0 aliphatic heterocycles. The van der Waals surface area contributed by atoms with E-state index in [-0.39, 0.29) is 0 Å². The van der Waals surface area contributed by atoms with Crippen LogP contribution in [0.5, 0.6) is 0 Å². The summed E-state index contributed by atoms with van der Waals surface area (Å²) < 4.78 is 12.8. The minimum absolute atomic E-state index is 0.572. The highest BCUT2D eigenvalue weighted by Crippen LogP contribution is 2.21. The minimum Gasteiger partial charge on any atom is -0.248 e. The van der Waals surface area contributed by atoms with Crippen molar-refractivity contribution in [2.75, 3.05) is 0 Å². The molecule has 3 aromatic rings. The molecule has 3 rings (SSSR count). The average molecular weight is 384 g/mol. The summed E-state index contributed by atoms with van der Waals surface area (Å²) in [4.78, 5) is 9.04. The zero-order chi connectivity index (χ0) is 20.5. The highest BCUT2D eigenvalue weighted by molar-refractivity contribution is 5.64. The van der Waals surface area contributed by atoms with Gasteiger partial charge in [0, 0.05) is 35.5 Å². The fourth-order valence-corrected chi connectivity index (χ4v) is 2.97. The zero-order valence-electron chi connectivity index (χ0n) is 16.7. The highest BCUT2D eigenvalue weighted by Gasteiger charge is 2.04. The van der Waals surface area contributed by atoms with Crippen molar-refractivity contribution in [3.8, 4) is 34.4 Å². The third kappa shape index (κ3) is 6.12. The van der Waals surface area contributed by atoms with Crippen LogP contribution < -0.4 is 0 Å². The van der Waals surface area contributed by atoms with Crippen LogP contribution in [0.1, 0.15) is 37.3 Å². The predicted molar refractivity (Wildman–Crippen MR) is 118 cm³/mol. The van der Waals surface area contributed by atoms with Crippen LogP contribution in [0.15, 0.2) is 73.6 Å². The second-order valence-electron chi connectivity index (χ2n) is 7.04. The molecule has 0 radical (unpaired) electrons. The average Bonchev–Trinajstić information content (AvgIpc) is 2.75. The number of aromatic nitrogens is 2. The Kier molecular flexibility index (Phi) is 7.30. The number of halogens is 1. The molecule has 29 heavy (non-hydrogen) atoms. The largest absolute Gasteiger partial charge is 0.248 e. The van der Waals surface area contributed by atoms with Gasteiger partial charge in [0.15, 0.2) is 5.82 Å². The van der Waals surface area contributed by atoms with Crippen LogP contribution in [0.25, 0.3) is 22.5 Å². The lowest BCUT2D eigenvalue weighted by Crippen LogP contribution is -1.91. The number of benzene rings is 2. The molecule has 0 spiro atoms. The summed E-state index contributed by atoms with van der Waals surface area (Å²) in [6.45, 7) is 5.35. The standard InChI is InChI=1S/C26H25FN2/c1-3-7-21-12-16-24(17-13-21)26-28-18-25(19-29-26)23-14-10-22(11-15-23)9-6-4-5-8-20(2)27/h3,10-20H,1,4-5,7-8H2,2H3. The summed E-state index contributed by atoms with van der Waals surface area (Å²) in [5.74, 6) is 6.95. The van der Waals surface area contributed by atoms with E-state index < -0.39 is 6.17 Å². The topological polar surface area (TPSA) is 25.8 Å². The van der Waals surface area contributed by atoms with Crippen molar-refractivity contribution >= 4 is 0 Å². The fraction of sp³-hybridized carbons (Fsp3) is 0.231. The molecule has 0 saturated heterocycles. The van der Waals surface area contributed by atoms with Crippen LogP contribution in [-0.4, -0.2) is 16.1 Å². The molecule has 1 atom stereocenters. The second kappa shape index (κ2) is 10.3. The van der Waals surface area contributed by atoms with Gasteiger partial charge in [-0.05, 0) is 49.4 Å². The molecule has 0 aliphatic carbocycles. The lowest BCUT2D eigenvalue weighted by molar-refractivity contribution is 0.336. The Hall–Kier alpha value is -3.25. The van der Waals surface area contributed by atoms with Crippen molar-refractivity contribution in [3.63, 3.8) is 0 Å². The molecule has 0 saturated carbocycles. The maximum absolute atomic E-state index is 12.8. The zero-order valence-corrected chi connectivity index (χ0v) is 16.7. The van der Waals surface area contributed by atoms with Crippen LogP contribution in [0.3, 0.4) is 0 Å². The maximum atomic E-state index is 12.8. The molecule has 1 aromatic heterocycles. The summed E-state index contributed by atoms with van der Waals surface area (Å²) in [6, 6.07) is 16.3. The Morgan fingerprint density at radius 2 is 1.62 bits per heavy atom. The van der Waals surface area contributed by atoms with Crippen LogP contribution in [0, 0.1) is 11.8 Å². The maximum Gasteiger partial charge on any atom is 0.159 e. The Balaban J connectivity index is 1.64. The first-order valence-electron chi connectivity index (χ1n) is 9.91. The van der Waals surface area contributed by atoms with E-state index >= 15 is 0 Å². The van der Waals surface area contributed by atoms with Crippen LogP contribution in [0.2, 0.25) is 0 Å². The number of alkyl halides is 1. The van der Waals surface area contributed by atoms with Crippen molar-refractivity contribution in [2.24, 2.45) is 0 Å². The number of allylic oxidation sites excluding steroid dienone is 1. The third-order valence-electron chi connectivity index (χ3n) is 4.60. The SMILES string of the molecule is C=CCc1ccc(-c2ncc(-c3ccc(C#CCCCC(C)F)cc3)cn2)cc1. The summed E-state index contributed by atoms with van der Waals surface area (Å²) in [5, 5.41) is 0. The molecular weight excluding hydrogens is 359 g/mol. The van der Waals surface area contributed by atoms with E-state index in [1.54, 1.807) is 6.92 Å². The molecule has 0 amide bonds. The molecule has 146 valence electrons. The molecule has 2 nitrogen and oxygen atoms in total. The molecule has 2 aromatic carbocycles. The Labute approximate surface area is 172 Å². The van der Waals surface area contributed by atoms with Gasteiger partial charge in [-0.1, -0.05) is 54.3 Å². The number of hydrogen-bond donors (Lipinski definition) is 0. The van der Waals surface area contributed by atoms with E-state index in [2.05, 4.69) is 40.5 Å². The van der Waals surface area contributed by atoms with Crippen LogP contribution in [0.4, 0.5) is 4.39 Å². The smallest absolute Gasteiger partial charge is 0.159 e. The van der Waals surface area contributed by atoms with Crippen LogP contribution in [-0.2, 0) is 6.42 Å². The van der Waals surface area contributed by atoms with Crippen molar-refractivity contribution in [3.05, 3.63) is 84.7 Å².